The van der Waals surface area contributed by atoms with E-state index in [1.54, 1.807) is 4.57 Å². The van der Waals surface area contributed by atoms with Crippen LogP contribution < -0.4 is 10.1 Å². The molecule has 178 valence electrons. The van der Waals surface area contributed by atoms with E-state index in [-0.39, 0.29) is 30.2 Å². The minimum Gasteiger partial charge on any atom is -0.436 e. The monoisotopic (exact) mass is 467 g/mol. The van der Waals surface area contributed by atoms with Gasteiger partial charge in [-0.15, -0.1) is 0 Å². The van der Waals surface area contributed by atoms with Crippen molar-refractivity contribution in [1.82, 2.24) is 19.8 Å². The summed E-state index contributed by atoms with van der Waals surface area (Å²) in [5.74, 6) is -0.453. The number of nitrogens with one attached hydrogen (secondary N) is 1. The molecule has 0 saturated carbocycles. The number of ether oxygens (including phenoxy) is 1. The summed E-state index contributed by atoms with van der Waals surface area (Å²) in [6.45, 7) is 4.51. The van der Waals surface area contributed by atoms with Crippen molar-refractivity contribution in [2.75, 3.05) is 19.6 Å². The molecule has 1 atom stereocenters. The lowest BCUT2D eigenvalue weighted by Crippen LogP contribution is -2.50. The Hall–Kier alpha value is -3.15. The highest BCUT2D eigenvalue weighted by atomic mass is 19.4. The summed E-state index contributed by atoms with van der Waals surface area (Å²) in [6.07, 6.45) is -1.51. The van der Waals surface area contributed by atoms with Crippen LogP contribution in [0.15, 0.2) is 30.5 Å². The van der Waals surface area contributed by atoms with Crippen LogP contribution in [-0.2, 0) is 23.9 Å². The van der Waals surface area contributed by atoms with Crippen LogP contribution in [0.4, 0.5) is 19.0 Å². The molecule has 0 aliphatic carbocycles. The molecule has 2 aliphatic rings. The molecule has 1 amide bonds. The number of nitro groups is 1. The van der Waals surface area contributed by atoms with Crippen LogP contribution in [0.3, 0.4) is 0 Å². The lowest BCUT2D eigenvalue weighted by atomic mass is 10.0. The first-order chi connectivity index (χ1) is 15.5. The van der Waals surface area contributed by atoms with Gasteiger partial charge < -0.3 is 20.2 Å². The van der Waals surface area contributed by atoms with Crippen LogP contribution in [0.1, 0.15) is 30.9 Å². The summed E-state index contributed by atoms with van der Waals surface area (Å²) in [4.78, 5) is 28.7. The van der Waals surface area contributed by atoms with E-state index in [4.69, 9.17) is 4.74 Å². The Bertz CT molecular complexity index is 1010. The SMILES string of the molecule is C[C@]1(CN2CCC(NC(=O)Cc3ccc(C(F)(F)F)cc3)CC2)Cn2cc([N+](=O)[O-])nc2O1. The highest BCUT2D eigenvalue weighted by Crippen LogP contribution is 2.32. The number of alkyl halides is 3. The number of fused-ring (bicyclic) bond motifs is 1. The number of nitrogens with zero attached hydrogens (tertiary/aromatic N) is 4. The number of piperidine rings is 1. The molecule has 4 rings (SSSR count). The predicted molar refractivity (Wildman–Crippen MR) is 111 cm³/mol. The third kappa shape index (κ3) is 5.44. The summed E-state index contributed by atoms with van der Waals surface area (Å²) in [5.41, 5.74) is -0.751. The van der Waals surface area contributed by atoms with E-state index in [9.17, 15) is 28.1 Å². The first-order valence-corrected chi connectivity index (χ1v) is 10.6. The van der Waals surface area contributed by atoms with Gasteiger partial charge in [0.25, 0.3) is 0 Å². The number of benzene rings is 1. The highest BCUT2D eigenvalue weighted by Gasteiger charge is 2.42. The van der Waals surface area contributed by atoms with Gasteiger partial charge >= 0.3 is 18.0 Å². The third-order valence-electron chi connectivity index (χ3n) is 5.91. The minimum absolute atomic E-state index is 0.00131. The second-order valence-corrected chi connectivity index (χ2v) is 8.81. The van der Waals surface area contributed by atoms with Gasteiger partial charge in [0.05, 0.1) is 18.5 Å². The van der Waals surface area contributed by atoms with Gasteiger partial charge in [0, 0.05) is 30.7 Å². The first-order valence-electron chi connectivity index (χ1n) is 10.6. The highest BCUT2D eigenvalue weighted by molar-refractivity contribution is 5.78. The zero-order chi connectivity index (χ0) is 23.8. The van der Waals surface area contributed by atoms with Crippen molar-refractivity contribution in [3.8, 4) is 6.01 Å². The first kappa shape index (κ1) is 23.0. The van der Waals surface area contributed by atoms with Gasteiger partial charge in [-0.2, -0.15) is 13.2 Å². The fourth-order valence-corrected chi connectivity index (χ4v) is 4.35. The number of imidazole rings is 1. The number of carbonyl (C=O) groups is 1. The molecule has 3 heterocycles. The van der Waals surface area contributed by atoms with E-state index in [0.29, 0.717) is 18.7 Å². The summed E-state index contributed by atoms with van der Waals surface area (Å²) in [7, 11) is 0. The molecule has 0 unspecified atom stereocenters. The second kappa shape index (κ2) is 8.65. The van der Waals surface area contributed by atoms with Crippen molar-refractivity contribution in [1.29, 1.82) is 0 Å². The average Bonchev–Trinajstić information content (AvgIpc) is 3.24. The van der Waals surface area contributed by atoms with Crippen LogP contribution in [0.5, 0.6) is 6.01 Å². The topological polar surface area (TPSA) is 103 Å². The maximum absolute atomic E-state index is 12.7. The standard InChI is InChI=1S/C21H24F3N5O4/c1-20(13-28-11-17(29(31)32)26-19(28)33-20)12-27-8-6-16(7-9-27)25-18(30)10-14-2-4-15(5-3-14)21(22,23)24/h2-5,11,16H,6-10,12-13H2,1H3,(H,25,30)/t20-/m0/s1. The van der Waals surface area contributed by atoms with Gasteiger partial charge in [0.15, 0.2) is 0 Å². The Kier molecular flexibility index (Phi) is 6.04. The van der Waals surface area contributed by atoms with Crippen LogP contribution in [-0.4, -0.2) is 56.6 Å². The Balaban J connectivity index is 1.22. The molecule has 1 aromatic carbocycles. The number of rotatable bonds is 6. The van der Waals surface area contributed by atoms with Crippen LogP contribution in [0.25, 0.3) is 0 Å². The van der Waals surface area contributed by atoms with Crippen LogP contribution in [0, 0.1) is 10.1 Å². The fourth-order valence-electron chi connectivity index (χ4n) is 4.35. The van der Waals surface area contributed by atoms with Crippen LogP contribution in [0.2, 0.25) is 0 Å². The third-order valence-corrected chi connectivity index (χ3v) is 5.91. The molecule has 2 aliphatic heterocycles. The summed E-state index contributed by atoms with van der Waals surface area (Å²) in [6, 6.07) is 4.86. The second-order valence-electron chi connectivity index (χ2n) is 8.81. The lowest BCUT2D eigenvalue weighted by molar-refractivity contribution is -0.389. The molecule has 33 heavy (non-hydrogen) atoms. The molecule has 1 fully saturated rings. The quantitative estimate of drug-likeness (QED) is 0.518. The van der Waals surface area contributed by atoms with Crippen molar-refractivity contribution in [2.24, 2.45) is 0 Å². The van der Waals surface area contributed by atoms with E-state index in [1.807, 2.05) is 6.92 Å². The lowest BCUT2D eigenvalue weighted by Gasteiger charge is -2.36. The van der Waals surface area contributed by atoms with Gasteiger partial charge in [-0.05, 0) is 42.4 Å². The van der Waals surface area contributed by atoms with Crippen molar-refractivity contribution >= 4 is 11.7 Å². The zero-order valence-corrected chi connectivity index (χ0v) is 18.0. The summed E-state index contributed by atoms with van der Waals surface area (Å²) >= 11 is 0. The van der Waals surface area contributed by atoms with E-state index < -0.39 is 22.3 Å². The predicted octanol–water partition coefficient (Wildman–Crippen LogP) is 2.78. The number of halogens is 3. The Morgan fingerprint density at radius 1 is 1.30 bits per heavy atom. The molecule has 0 spiro atoms. The van der Waals surface area contributed by atoms with Crippen molar-refractivity contribution < 1.29 is 27.6 Å². The van der Waals surface area contributed by atoms with E-state index >= 15 is 0 Å². The molecule has 12 heteroatoms. The Morgan fingerprint density at radius 3 is 2.55 bits per heavy atom. The molecular weight excluding hydrogens is 443 g/mol. The summed E-state index contributed by atoms with van der Waals surface area (Å²) < 4.78 is 45.5. The summed E-state index contributed by atoms with van der Waals surface area (Å²) in [5, 5.41) is 13.8. The molecular formula is C21H24F3N5O4. The van der Waals surface area contributed by atoms with E-state index in [2.05, 4.69) is 15.2 Å². The minimum atomic E-state index is -4.40. The smallest absolute Gasteiger partial charge is 0.416 e. The van der Waals surface area contributed by atoms with Gasteiger partial charge in [0.2, 0.25) is 5.91 Å². The van der Waals surface area contributed by atoms with Crippen molar-refractivity contribution in [3.63, 3.8) is 0 Å². The molecule has 2 aromatic rings. The zero-order valence-electron chi connectivity index (χ0n) is 18.0. The molecule has 1 aromatic heterocycles. The van der Waals surface area contributed by atoms with Gasteiger partial charge in [-0.25, -0.2) is 0 Å². The van der Waals surface area contributed by atoms with Gasteiger partial charge in [-0.3, -0.25) is 14.3 Å². The number of amides is 1. The number of hydrogen-bond acceptors (Lipinski definition) is 6. The molecule has 1 N–H and O–H groups in total. The van der Waals surface area contributed by atoms with Gasteiger partial charge in [-0.1, -0.05) is 12.1 Å². The number of hydrogen-bond donors (Lipinski definition) is 1. The van der Waals surface area contributed by atoms with Gasteiger partial charge in [0.1, 0.15) is 11.8 Å². The Morgan fingerprint density at radius 2 is 1.97 bits per heavy atom. The Labute approximate surface area is 187 Å². The number of carbonyl (C=O) groups excluding carboxylic acids is 1. The molecule has 0 radical (unpaired) electrons. The fraction of sp³-hybridized carbons (Fsp3) is 0.524. The van der Waals surface area contributed by atoms with E-state index in [0.717, 1.165) is 38.1 Å². The van der Waals surface area contributed by atoms with Crippen LogP contribution >= 0.6 is 0 Å². The normalized spacial score (nSPS) is 21.5. The number of aromatic nitrogens is 2. The maximum Gasteiger partial charge on any atom is 0.416 e. The largest absolute Gasteiger partial charge is 0.436 e. The molecule has 0 bridgehead atoms. The molecule has 9 nitrogen and oxygen atoms in total. The molecule has 1 saturated heterocycles. The average molecular weight is 467 g/mol. The maximum atomic E-state index is 12.7. The van der Waals surface area contributed by atoms with E-state index in [1.165, 1.54) is 18.3 Å². The number of likely N-dealkylation sites (tertiary alicyclic amines) is 1. The van der Waals surface area contributed by atoms with Crippen molar-refractivity contribution in [3.05, 3.63) is 51.7 Å². The van der Waals surface area contributed by atoms with Crippen molar-refractivity contribution in [2.45, 2.75) is 50.6 Å².